The van der Waals surface area contributed by atoms with E-state index < -0.39 is 0 Å². The maximum absolute atomic E-state index is 4.74. The van der Waals surface area contributed by atoms with E-state index in [1.54, 1.807) is 0 Å². The number of para-hydroxylation sites is 2. The monoisotopic (exact) mass is 395 g/mol. The van der Waals surface area contributed by atoms with E-state index in [0.29, 0.717) is 0 Å². The minimum absolute atomic E-state index is 0.770. The van der Waals surface area contributed by atoms with Crippen LogP contribution >= 0.6 is 0 Å². The SMILES string of the molecule is CCNC(=NCCCn1c(C)nc2ccccc21)NCCc1c(C)nn(C)c1C. The first kappa shape index (κ1) is 20.9. The lowest BCUT2D eigenvalue weighted by Crippen LogP contribution is -2.38. The van der Waals surface area contributed by atoms with E-state index in [2.05, 4.69) is 71.2 Å². The molecule has 0 fully saturated rings. The van der Waals surface area contributed by atoms with Crippen molar-refractivity contribution in [3.63, 3.8) is 0 Å². The molecule has 1 aromatic carbocycles. The fourth-order valence-corrected chi connectivity index (χ4v) is 3.72. The van der Waals surface area contributed by atoms with Gasteiger partial charge in [0.25, 0.3) is 0 Å². The molecule has 0 bridgehead atoms. The maximum Gasteiger partial charge on any atom is 0.191 e. The molecule has 0 saturated carbocycles. The zero-order chi connectivity index (χ0) is 20.8. The molecular weight excluding hydrogens is 362 g/mol. The number of nitrogens with zero attached hydrogens (tertiary/aromatic N) is 5. The van der Waals surface area contributed by atoms with Crippen molar-refractivity contribution in [1.29, 1.82) is 0 Å². The smallest absolute Gasteiger partial charge is 0.191 e. The molecule has 0 saturated heterocycles. The van der Waals surface area contributed by atoms with E-state index in [9.17, 15) is 0 Å². The molecule has 0 amide bonds. The van der Waals surface area contributed by atoms with Crippen LogP contribution in [0.3, 0.4) is 0 Å². The zero-order valence-corrected chi connectivity index (χ0v) is 18.3. The highest BCUT2D eigenvalue weighted by Gasteiger charge is 2.09. The molecule has 0 radical (unpaired) electrons. The molecule has 3 rings (SSSR count). The number of fused-ring (bicyclic) bond motifs is 1. The summed E-state index contributed by atoms with van der Waals surface area (Å²) in [4.78, 5) is 9.38. The highest BCUT2D eigenvalue weighted by molar-refractivity contribution is 5.79. The Labute approximate surface area is 173 Å². The first-order valence-corrected chi connectivity index (χ1v) is 10.4. The average molecular weight is 396 g/mol. The van der Waals surface area contributed by atoms with Crippen LogP contribution in [0.1, 0.15) is 36.1 Å². The standard InChI is InChI=1S/C22H33N7/c1-6-23-22(25-14-12-19-16(2)27-28(5)17(19)3)24-13-9-15-29-18(4)26-20-10-7-8-11-21(20)29/h7-8,10-11H,6,9,12-15H2,1-5H3,(H2,23,24,25). The minimum Gasteiger partial charge on any atom is -0.357 e. The molecule has 3 aromatic rings. The summed E-state index contributed by atoms with van der Waals surface area (Å²) in [5.41, 5.74) is 5.91. The molecular formula is C22H33N7. The van der Waals surface area contributed by atoms with E-state index in [-0.39, 0.29) is 0 Å². The topological polar surface area (TPSA) is 72.1 Å². The molecule has 156 valence electrons. The van der Waals surface area contributed by atoms with Gasteiger partial charge in [-0.05, 0) is 58.2 Å². The maximum atomic E-state index is 4.74. The lowest BCUT2D eigenvalue weighted by Gasteiger charge is -2.12. The molecule has 2 N–H and O–H groups in total. The van der Waals surface area contributed by atoms with Crippen LogP contribution in [-0.4, -0.2) is 44.9 Å². The number of guanidine groups is 1. The number of hydrogen-bond donors (Lipinski definition) is 2. The van der Waals surface area contributed by atoms with Crippen molar-refractivity contribution >= 4 is 17.0 Å². The molecule has 2 aromatic heterocycles. The van der Waals surface area contributed by atoms with Gasteiger partial charge >= 0.3 is 0 Å². The van der Waals surface area contributed by atoms with Crippen molar-refractivity contribution in [2.75, 3.05) is 19.6 Å². The first-order chi connectivity index (χ1) is 14.0. The lowest BCUT2D eigenvalue weighted by atomic mass is 10.1. The molecule has 2 heterocycles. The second kappa shape index (κ2) is 9.58. The Bertz CT molecular complexity index is 981. The Kier molecular flexibility index (Phi) is 6.90. The van der Waals surface area contributed by atoms with Gasteiger partial charge in [-0.1, -0.05) is 12.1 Å². The fourth-order valence-electron chi connectivity index (χ4n) is 3.72. The minimum atomic E-state index is 0.770. The zero-order valence-electron chi connectivity index (χ0n) is 18.3. The molecule has 0 aliphatic carbocycles. The number of nitrogens with one attached hydrogen (secondary N) is 2. The van der Waals surface area contributed by atoms with Crippen LogP contribution in [-0.2, 0) is 20.0 Å². The van der Waals surface area contributed by atoms with Crippen LogP contribution in [0.4, 0.5) is 0 Å². The fraction of sp³-hybridized carbons (Fsp3) is 0.500. The summed E-state index contributed by atoms with van der Waals surface area (Å²) in [5, 5.41) is 11.3. The van der Waals surface area contributed by atoms with Gasteiger partial charge in [0.05, 0.1) is 16.7 Å². The van der Waals surface area contributed by atoms with Crippen LogP contribution < -0.4 is 10.6 Å². The van der Waals surface area contributed by atoms with Gasteiger partial charge in [0.15, 0.2) is 5.96 Å². The predicted molar refractivity (Wildman–Crippen MR) is 119 cm³/mol. The average Bonchev–Trinajstić information content (AvgIpc) is 3.14. The molecule has 7 nitrogen and oxygen atoms in total. The summed E-state index contributed by atoms with van der Waals surface area (Å²) in [7, 11) is 2.00. The molecule has 0 atom stereocenters. The summed E-state index contributed by atoms with van der Waals surface area (Å²) in [6.45, 7) is 11.7. The van der Waals surface area contributed by atoms with Crippen molar-refractivity contribution in [1.82, 2.24) is 30.0 Å². The Morgan fingerprint density at radius 1 is 1.14 bits per heavy atom. The summed E-state index contributed by atoms with van der Waals surface area (Å²) in [5.74, 6) is 1.93. The van der Waals surface area contributed by atoms with Gasteiger partial charge in [0.2, 0.25) is 0 Å². The van der Waals surface area contributed by atoms with E-state index in [0.717, 1.165) is 62.0 Å². The van der Waals surface area contributed by atoms with Crippen molar-refractivity contribution in [3.05, 3.63) is 47.0 Å². The van der Waals surface area contributed by atoms with Gasteiger partial charge in [-0.2, -0.15) is 5.10 Å². The van der Waals surface area contributed by atoms with Gasteiger partial charge in [0.1, 0.15) is 5.82 Å². The number of aliphatic imine (C=N–C) groups is 1. The van der Waals surface area contributed by atoms with E-state index in [1.165, 1.54) is 16.8 Å². The summed E-state index contributed by atoms with van der Waals surface area (Å²) in [6, 6.07) is 8.30. The van der Waals surface area contributed by atoms with Crippen LogP contribution in [0.5, 0.6) is 0 Å². The molecule has 0 aliphatic rings. The van der Waals surface area contributed by atoms with Gasteiger partial charge in [-0.25, -0.2) is 4.98 Å². The van der Waals surface area contributed by atoms with Crippen LogP contribution in [0.25, 0.3) is 11.0 Å². The van der Waals surface area contributed by atoms with Crippen molar-refractivity contribution in [2.24, 2.45) is 12.0 Å². The number of rotatable bonds is 8. The van der Waals surface area contributed by atoms with Crippen LogP contribution in [0, 0.1) is 20.8 Å². The largest absolute Gasteiger partial charge is 0.357 e. The highest BCUT2D eigenvalue weighted by atomic mass is 15.3. The van der Waals surface area contributed by atoms with Gasteiger partial charge < -0.3 is 15.2 Å². The molecule has 0 aliphatic heterocycles. The first-order valence-electron chi connectivity index (χ1n) is 10.4. The predicted octanol–water partition coefficient (Wildman–Crippen LogP) is 2.88. The van der Waals surface area contributed by atoms with Crippen LogP contribution in [0.2, 0.25) is 0 Å². The van der Waals surface area contributed by atoms with E-state index in [4.69, 9.17) is 4.99 Å². The number of aromatic nitrogens is 4. The third-order valence-corrected chi connectivity index (χ3v) is 5.33. The molecule has 29 heavy (non-hydrogen) atoms. The summed E-state index contributed by atoms with van der Waals surface area (Å²) < 4.78 is 4.23. The molecule has 7 heteroatoms. The van der Waals surface area contributed by atoms with Gasteiger partial charge in [0, 0.05) is 38.9 Å². The third-order valence-electron chi connectivity index (χ3n) is 5.33. The Morgan fingerprint density at radius 2 is 1.93 bits per heavy atom. The van der Waals surface area contributed by atoms with E-state index >= 15 is 0 Å². The van der Waals surface area contributed by atoms with E-state index in [1.807, 2.05) is 17.8 Å². The summed E-state index contributed by atoms with van der Waals surface area (Å²) in [6.07, 6.45) is 1.91. The van der Waals surface area contributed by atoms with Crippen molar-refractivity contribution in [2.45, 2.75) is 47.1 Å². The molecule has 0 unspecified atom stereocenters. The molecule has 0 spiro atoms. The number of benzene rings is 1. The lowest BCUT2D eigenvalue weighted by molar-refractivity contribution is 0.645. The second-order valence-electron chi connectivity index (χ2n) is 7.36. The normalized spacial score (nSPS) is 12.0. The van der Waals surface area contributed by atoms with Crippen molar-refractivity contribution < 1.29 is 0 Å². The van der Waals surface area contributed by atoms with Gasteiger partial charge in [-0.3, -0.25) is 9.67 Å². The Balaban J connectivity index is 1.53. The number of imidazole rings is 1. The Hall–Kier alpha value is -2.83. The quantitative estimate of drug-likeness (QED) is 0.349. The van der Waals surface area contributed by atoms with Crippen LogP contribution in [0.15, 0.2) is 29.3 Å². The van der Waals surface area contributed by atoms with Crippen molar-refractivity contribution in [3.8, 4) is 0 Å². The Morgan fingerprint density at radius 3 is 2.66 bits per heavy atom. The highest BCUT2D eigenvalue weighted by Crippen LogP contribution is 2.15. The number of aryl methyl sites for hydroxylation is 4. The second-order valence-corrected chi connectivity index (χ2v) is 7.36. The summed E-state index contributed by atoms with van der Waals surface area (Å²) >= 11 is 0. The number of hydrogen-bond acceptors (Lipinski definition) is 3. The van der Waals surface area contributed by atoms with Gasteiger partial charge in [-0.15, -0.1) is 0 Å². The third kappa shape index (κ3) is 4.96.